The minimum Gasteiger partial charge on any atom is -0.461 e. The van der Waals surface area contributed by atoms with Gasteiger partial charge in [0.05, 0.1) is 12.0 Å². The van der Waals surface area contributed by atoms with Gasteiger partial charge < -0.3 is 9.73 Å². The molecule has 1 saturated carbocycles. The molecule has 2 aromatic rings. The van der Waals surface area contributed by atoms with Gasteiger partial charge in [-0.1, -0.05) is 31.5 Å². The summed E-state index contributed by atoms with van der Waals surface area (Å²) < 4.78 is 7.25. The quantitative estimate of drug-likeness (QED) is 0.734. The molecule has 27 heavy (non-hydrogen) atoms. The van der Waals surface area contributed by atoms with Crippen LogP contribution in [-0.2, 0) is 11.3 Å². The SMILES string of the molecule is CCn1c(SCC(=O)NC(=O)NC2CCCCC2C)nnc1-c1ccco1. The number of thioether (sulfide) groups is 1. The molecule has 8 nitrogen and oxygen atoms in total. The standard InChI is InChI=1S/C18H25N5O3S/c1-3-23-16(14-9-6-10-26-14)21-22-18(23)27-11-15(24)20-17(25)19-13-8-5-4-7-12(13)2/h6,9-10,12-13H,3-5,7-8,11H2,1-2H3,(H2,19,20,24,25). The Morgan fingerprint density at radius 2 is 2.15 bits per heavy atom. The first-order chi connectivity index (χ1) is 13.1. The third-order valence-corrected chi connectivity index (χ3v) is 5.75. The molecular weight excluding hydrogens is 366 g/mol. The van der Waals surface area contributed by atoms with Crippen molar-refractivity contribution >= 4 is 23.7 Å². The van der Waals surface area contributed by atoms with Crippen LogP contribution in [0.25, 0.3) is 11.6 Å². The van der Waals surface area contributed by atoms with Crippen LogP contribution in [0, 0.1) is 5.92 Å². The molecule has 0 aliphatic heterocycles. The lowest BCUT2D eigenvalue weighted by molar-refractivity contribution is -0.117. The second kappa shape index (κ2) is 9.07. The summed E-state index contributed by atoms with van der Waals surface area (Å²) in [6.07, 6.45) is 5.97. The Hall–Kier alpha value is -2.29. The molecule has 2 heterocycles. The zero-order valence-electron chi connectivity index (χ0n) is 15.6. The topological polar surface area (TPSA) is 102 Å². The summed E-state index contributed by atoms with van der Waals surface area (Å²) >= 11 is 1.24. The highest BCUT2D eigenvalue weighted by Gasteiger charge is 2.23. The lowest BCUT2D eigenvalue weighted by Crippen LogP contribution is -2.48. The monoisotopic (exact) mass is 391 g/mol. The molecule has 2 aromatic heterocycles. The first kappa shape index (κ1) is 19.5. The highest BCUT2D eigenvalue weighted by atomic mass is 32.2. The molecule has 2 unspecified atom stereocenters. The molecule has 9 heteroatoms. The van der Waals surface area contributed by atoms with E-state index in [1.165, 1.54) is 18.2 Å². The van der Waals surface area contributed by atoms with Crippen molar-refractivity contribution in [3.05, 3.63) is 18.4 Å². The van der Waals surface area contributed by atoms with Gasteiger partial charge in [0.25, 0.3) is 0 Å². The van der Waals surface area contributed by atoms with Crippen molar-refractivity contribution < 1.29 is 14.0 Å². The Morgan fingerprint density at radius 1 is 1.33 bits per heavy atom. The van der Waals surface area contributed by atoms with Gasteiger partial charge in [0.2, 0.25) is 5.91 Å². The Kier molecular flexibility index (Phi) is 6.54. The van der Waals surface area contributed by atoms with Gasteiger partial charge in [0, 0.05) is 12.6 Å². The van der Waals surface area contributed by atoms with E-state index in [2.05, 4.69) is 27.8 Å². The van der Waals surface area contributed by atoms with Crippen LogP contribution in [0.15, 0.2) is 28.0 Å². The maximum atomic E-state index is 12.1. The summed E-state index contributed by atoms with van der Waals surface area (Å²) in [6.45, 7) is 4.75. The predicted octanol–water partition coefficient (Wildman–Crippen LogP) is 3.05. The molecule has 2 atom stereocenters. The minimum atomic E-state index is -0.424. The molecule has 2 N–H and O–H groups in total. The fourth-order valence-electron chi connectivity index (χ4n) is 3.30. The van der Waals surface area contributed by atoms with Gasteiger partial charge in [-0.15, -0.1) is 10.2 Å². The number of hydrogen-bond donors (Lipinski definition) is 2. The summed E-state index contributed by atoms with van der Waals surface area (Å²) in [5.74, 6) is 1.42. The molecule has 0 radical (unpaired) electrons. The molecule has 3 rings (SSSR count). The van der Waals surface area contributed by atoms with Crippen LogP contribution in [0.4, 0.5) is 4.79 Å². The Morgan fingerprint density at radius 3 is 2.85 bits per heavy atom. The van der Waals surface area contributed by atoms with E-state index in [0.29, 0.717) is 29.2 Å². The van der Waals surface area contributed by atoms with Crippen LogP contribution in [0.2, 0.25) is 0 Å². The van der Waals surface area contributed by atoms with Crippen molar-refractivity contribution in [2.75, 3.05) is 5.75 Å². The Balaban J connectivity index is 1.51. The fourth-order valence-corrected chi connectivity index (χ4v) is 4.10. The molecule has 0 bridgehead atoms. The number of hydrogen-bond acceptors (Lipinski definition) is 6. The van der Waals surface area contributed by atoms with Gasteiger partial charge in [-0.2, -0.15) is 0 Å². The lowest BCUT2D eigenvalue weighted by Gasteiger charge is -2.29. The van der Waals surface area contributed by atoms with Crippen molar-refractivity contribution in [1.29, 1.82) is 0 Å². The summed E-state index contributed by atoms with van der Waals surface area (Å²) in [4.78, 5) is 24.2. The molecule has 146 valence electrons. The molecule has 0 spiro atoms. The van der Waals surface area contributed by atoms with Gasteiger partial charge in [-0.25, -0.2) is 4.79 Å². The molecule has 1 fully saturated rings. The van der Waals surface area contributed by atoms with Crippen LogP contribution in [0.3, 0.4) is 0 Å². The first-order valence-electron chi connectivity index (χ1n) is 9.28. The molecular formula is C18H25N5O3S. The van der Waals surface area contributed by atoms with Gasteiger partial charge in [0.15, 0.2) is 16.7 Å². The van der Waals surface area contributed by atoms with Crippen LogP contribution in [-0.4, -0.2) is 38.5 Å². The number of aromatic nitrogens is 3. The number of imide groups is 1. The Bertz CT molecular complexity index is 774. The van der Waals surface area contributed by atoms with Crippen molar-refractivity contribution in [1.82, 2.24) is 25.4 Å². The third-order valence-electron chi connectivity index (χ3n) is 4.79. The number of furan rings is 1. The molecule has 1 aliphatic rings. The van der Waals surface area contributed by atoms with Crippen LogP contribution >= 0.6 is 11.8 Å². The summed E-state index contributed by atoms with van der Waals surface area (Å²) in [5, 5.41) is 14.2. The van der Waals surface area contributed by atoms with Crippen LogP contribution in [0.1, 0.15) is 39.5 Å². The highest BCUT2D eigenvalue weighted by Crippen LogP contribution is 2.25. The van der Waals surface area contributed by atoms with Gasteiger partial charge in [0.1, 0.15) is 0 Å². The van der Waals surface area contributed by atoms with E-state index in [1.807, 2.05) is 17.6 Å². The number of rotatable bonds is 6. The smallest absolute Gasteiger partial charge is 0.321 e. The van der Waals surface area contributed by atoms with Crippen LogP contribution in [0.5, 0.6) is 0 Å². The number of carbonyl (C=O) groups excluding carboxylic acids is 2. The summed E-state index contributed by atoms with van der Waals surface area (Å²) in [6, 6.07) is 3.31. The van der Waals surface area contributed by atoms with E-state index < -0.39 is 6.03 Å². The van der Waals surface area contributed by atoms with E-state index in [9.17, 15) is 9.59 Å². The highest BCUT2D eigenvalue weighted by molar-refractivity contribution is 7.99. The van der Waals surface area contributed by atoms with E-state index in [-0.39, 0.29) is 17.7 Å². The summed E-state index contributed by atoms with van der Waals surface area (Å²) in [5.41, 5.74) is 0. The zero-order valence-corrected chi connectivity index (χ0v) is 16.4. The largest absolute Gasteiger partial charge is 0.461 e. The number of nitrogens with zero attached hydrogens (tertiary/aromatic N) is 3. The number of carbonyl (C=O) groups is 2. The Labute approximate surface area is 162 Å². The summed E-state index contributed by atoms with van der Waals surface area (Å²) in [7, 11) is 0. The minimum absolute atomic E-state index is 0.0872. The molecule has 0 aromatic carbocycles. The average molecular weight is 391 g/mol. The lowest BCUT2D eigenvalue weighted by atomic mass is 9.86. The van der Waals surface area contributed by atoms with Gasteiger partial charge in [-0.3, -0.25) is 14.7 Å². The molecule has 0 saturated heterocycles. The van der Waals surface area contributed by atoms with Crippen molar-refractivity contribution in [3.8, 4) is 11.6 Å². The van der Waals surface area contributed by atoms with Crippen molar-refractivity contribution in [2.45, 2.75) is 57.3 Å². The maximum Gasteiger partial charge on any atom is 0.321 e. The van der Waals surface area contributed by atoms with Gasteiger partial charge >= 0.3 is 6.03 Å². The third kappa shape index (κ3) is 4.91. The first-order valence-corrected chi connectivity index (χ1v) is 10.3. The predicted molar refractivity (Wildman–Crippen MR) is 102 cm³/mol. The maximum absolute atomic E-state index is 12.1. The van der Waals surface area contributed by atoms with E-state index in [0.717, 1.165) is 19.3 Å². The molecule has 3 amide bonds. The van der Waals surface area contributed by atoms with Crippen LogP contribution < -0.4 is 10.6 Å². The van der Waals surface area contributed by atoms with E-state index >= 15 is 0 Å². The number of amides is 3. The average Bonchev–Trinajstić information content (AvgIpc) is 3.30. The van der Waals surface area contributed by atoms with E-state index in [1.54, 1.807) is 12.3 Å². The normalized spacial score (nSPS) is 19.6. The number of nitrogens with one attached hydrogen (secondary N) is 2. The van der Waals surface area contributed by atoms with E-state index in [4.69, 9.17) is 4.42 Å². The second-order valence-corrected chi connectivity index (χ2v) is 7.65. The number of urea groups is 1. The zero-order chi connectivity index (χ0) is 19.2. The van der Waals surface area contributed by atoms with Crippen molar-refractivity contribution in [2.24, 2.45) is 5.92 Å². The second-order valence-electron chi connectivity index (χ2n) is 6.71. The van der Waals surface area contributed by atoms with Gasteiger partial charge in [-0.05, 0) is 37.8 Å². The fraction of sp³-hybridized carbons (Fsp3) is 0.556. The van der Waals surface area contributed by atoms with Crippen molar-refractivity contribution in [3.63, 3.8) is 0 Å². The molecule has 1 aliphatic carbocycles.